The van der Waals surface area contributed by atoms with Gasteiger partial charge in [0.25, 0.3) is 0 Å². The van der Waals surface area contributed by atoms with E-state index in [2.05, 4.69) is 0 Å². The first-order chi connectivity index (χ1) is 6.63. The van der Waals surface area contributed by atoms with Gasteiger partial charge in [-0.25, -0.2) is 4.39 Å². The number of Topliss-reactive ketones (excluding diaryl/α,β-unsaturated/α-hetero) is 1. The van der Waals surface area contributed by atoms with E-state index >= 15 is 0 Å². The predicted octanol–water partition coefficient (Wildman–Crippen LogP) is 3.51. The third-order valence-electron chi connectivity index (χ3n) is 2.12. The number of benzene rings is 1. The lowest BCUT2D eigenvalue weighted by Gasteiger charge is -2.01. The Hall–Kier alpha value is -1.18. The van der Waals surface area contributed by atoms with E-state index in [1.54, 1.807) is 13.0 Å². The van der Waals surface area contributed by atoms with Gasteiger partial charge in [-0.3, -0.25) is 4.79 Å². The third kappa shape index (κ3) is 2.95. The monoisotopic (exact) mass is 194 g/mol. The zero-order valence-corrected chi connectivity index (χ0v) is 8.64. The van der Waals surface area contributed by atoms with Crippen LogP contribution in [0.15, 0.2) is 18.2 Å². The lowest BCUT2D eigenvalue weighted by Crippen LogP contribution is -1.99. The zero-order valence-electron chi connectivity index (χ0n) is 8.64. The summed E-state index contributed by atoms with van der Waals surface area (Å²) in [6.07, 6.45) is 2.37. The van der Waals surface area contributed by atoms with Crippen LogP contribution in [0.4, 0.5) is 4.39 Å². The van der Waals surface area contributed by atoms with E-state index in [-0.39, 0.29) is 11.6 Å². The molecule has 0 amide bonds. The first kappa shape index (κ1) is 10.9. The van der Waals surface area contributed by atoms with Crippen LogP contribution >= 0.6 is 0 Å². The first-order valence-electron chi connectivity index (χ1n) is 4.94. The Morgan fingerprint density at radius 1 is 1.36 bits per heavy atom. The van der Waals surface area contributed by atoms with E-state index in [9.17, 15) is 9.18 Å². The van der Waals surface area contributed by atoms with E-state index in [4.69, 9.17) is 0 Å². The van der Waals surface area contributed by atoms with Crippen LogP contribution in [-0.4, -0.2) is 5.78 Å². The van der Waals surface area contributed by atoms with Gasteiger partial charge >= 0.3 is 0 Å². The highest BCUT2D eigenvalue weighted by Crippen LogP contribution is 2.11. The van der Waals surface area contributed by atoms with Crippen LogP contribution in [0, 0.1) is 12.7 Å². The van der Waals surface area contributed by atoms with Crippen molar-refractivity contribution in [2.75, 3.05) is 0 Å². The second kappa shape index (κ2) is 4.89. The average Bonchev–Trinajstić information content (AvgIpc) is 2.12. The molecule has 0 N–H and O–H groups in total. The van der Waals surface area contributed by atoms with Crippen LogP contribution in [0.25, 0.3) is 0 Å². The molecule has 0 heterocycles. The summed E-state index contributed by atoms with van der Waals surface area (Å²) in [5.74, 6) is -0.292. The van der Waals surface area contributed by atoms with Crippen molar-refractivity contribution in [1.82, 2.24) is 0 Å². The molecule has 2 heteroatoms. The van der Waals surface area contributed by atoms with Gasteiger partial charge in [-0.2, -0.15) is 0 Å². The summed E-state index contributed by atoms with van der Waals surface area (Å²) >= 11 is 0. The second-order valence-corrected chi connectivity index (χ2v) is 3.54. The molecule has 1 aromatic carbocycles. The van der Waals surface area contributed by atoms with Gasteiger partial charge in [0.15, 0.2) is 5.78 Å². The minimum Gasteiger partial charge on any atom is -0.294 e. The summed E-state index contributed by atoms with van der Waals surface area (Å²) in [5.41, 5.74) is 1.29. The van der Waals surface area contributed by atoms with Crippen LogP contribution in [0.2, 0.25) is 0 Å². The summed E-state index contributed by atoms with van der Waals surface area (Å²) in [7, 11) is 0. The number of hydrogen-bond donors (Lipinski definition) is 0. The molecule has 0 aliphatic carbocycles. The Morgan fingerprint density at radius 2 is 2.07 bits per heavy atom. The van der Waals surface area contributed by atoms with Crippen LogP contribution in [0.1, 0.15) is 42.1 Å². The van der Waals surface area contributed by atoms with Crippen molar-refractivity contribution in [2.45, 2.75) is 33.1 Å². The molecular weight excluding hydrogens is 179 g/mol. The van der Waals surface area contributed by atoms with E-state index < -0.39 is 0 Å². The highest BCUT2D eigenvalue weighted by atomic mass is 19.1. The maximum absolute atomic E-state index is 13.0. The van der Waals surface area contributed by atoms with E-state index in [1.807, 2.05) is 6.92 Å². The fourth-order valence-corrected chi connectivity index (χ4v) is 1.38. The molecule has 1 nitrogen and oxygen atoms in total. The summed E-state index contributed by atoms with van der Waals surface area (Å²) < 4.78 is 13.0. The molecule has 14 heavy (non-hydrogen) atoms. The molecule has 0 saturated heterocycles. The number of ketones is 1. The normalized spacial score (nSPS) is 10.2. The Bertz CT molecular complexity index is 311. The van der Waals surface area contributed by atoms with Crippen LogP contribution in [0.5, 0.6) is 0 Å². The van der Waals surface area contributed by atoms with Gasteiger partial charge < -0.3 is 0 Å². The number of rotatable bonds is 4. The minimum atomic E-state index is -0.329. The Morgan fingerprint density at radius 3 is 2.64 bits per heavy atom. The lowest BCUT2D eigenvalue weighted by molar-refractivity contribution is 0.0979. The van der Waals surface area contributed by atoms with Crippen molar-refractivity contribution in [3.63, 3.8) is 0 Å². The molecule has 0 aliphatic rings. The molecule has 0 saturated carbocycles. The van der Waals surface area contributed by atoms with Gasteiger partial charge in [-0.1, -0.05) is 13.3 Å². The van der Waals surface area contributed by atoms with Crippen molar-refractivity contribution in [2.24, 2.45) is 0 Å². The maximum atomic E-state index is 13.0. The third-order valence-corrected chi connectivity index (χ3v) is 2.12. The average molecular weight is 194 g/mol. The summed E-state index contributed by atoms with van der Waals surface area (Å²) in [6.45, 7) is 3.82. The Kier molecular flexibility index (Phi) is 3.81. The van der Waals surface area contributed by atoms with Gasteiger partial charge in [0.2, 0.25) is 0 Å². The quantitative estimate of drug-likeness (QED) is 0.670. The second-order valence-electron chi connectivity index (χ2n) is 3.54. The molecule has 0 unspecified atom stereocenters. The summed E-state index contributed by atoms with van der Waals surface area (Å²) in [6, 6.07) is 4.47. The molecule has 0 bridgehead atoms. The zero-order chi connectivity index (χ0) is 10.6. The maximum Gasteiger partial charge on any atom is 0.162 e. The summed E-state index contributed by atoms with van der Waals surface area (Å²) in [4.78, 5) is 11.5. The highest BCUT2D eigenvalue weighted by molar-refractivity contribution is 5.96. The standard InChI is InChI=1S/C12H15FO/c1-3-4-5-12(14)10-6-9(2)7-11(13)8-10/h6-8H,3-5H2,1-2H3. The molecule has 76 valence electrons. The SMILES string of the molecule is CCCCC(=O)c1cc(C)cc(F)c1. The molecule has 0 radical (unpaired) electrons. The smallest absolute Gasteiger partial charge is 0.162 e. The number of carbonyl (C=O) groups is 1. The topological polar surface area (TPSA) is 17.1 Å². The van der Waals surface area contributed by atoms with Crippen molar-refractivity contribution in [1.29, 1.82) is 0 Å². The van der Waals surface area contributed by atoms with E-state index in [1.165, 1.54) is 12.1 Å². The molecular formula is C12H15FO. The molecule has 0 atom stereocenters. The van der Waals surface area contributed by atoms with Crippen LogP contribution < -0.4 is 0 Å². The number of hydrogen-bond acceptors (Lipinski definition) is 1. The number of halogens is 1. The fraction of sp³-hybridized carbons (Fsp3) is 0.417. The largest absolute Gasteiger partial charge is 0.294 e. The Balaban J connectivity index is 2.79. The van der Waals surface area contributed by atoms with Crippen molar-refractivity contribution in [3.8, 4) is 0 Å². The fourth-order valence-electron chi connectivity index (χ4n) is 1.38. The molecule has 0 spiro atoms. The molecule has 0 aliphatic heterocycles. The van der Waals surface area contributed by atoms with E-state index in [0.717, 1.165) is 18.4 Å². The first-order valence-corrected chi connectivity index (χ1v) is 4.94. The number of carbonyl (C=O) groups excluding carboxylic acids is 1. The van der Waals surface area contributed by atoms with Crippen LogP contribution in [0.3, 0.4) is 0 Å². The molecule has 0 fully saturated rings. The number of unbranched alkanes of at least 4 members (excludes halogenated alkanes) is 1. The summed E-state index contributed by atoms with van der Waals surface area (Å²) in [5, 5.41) is 0. The van der Waals surface area contributed by atoms with E-state index in [0.29, 0.717) is 12.0 Å². The van der Waals surface area contributed by atoms with Crippen molar-refractivity contribution < 1.29 is 9.18 Å². The van der Waals surface area contributed by atoms with Gasteiger partial charge in [-0.05, 0) is 37.1 Å². The minimum absolute atomic E-state index is 0.0365. The number of aryl methyl sites for hydroxylation is 1. The van der Waals surface area contributed by atoms with Crippen molar-refractivity contribution >= 4 is 5.78 Å². The predicted molar refractivity (Wildman–Crippen MR) is 55.0 cm³/mol. The molecule has 0 aromatic heterocycles. The van der Waals surface area contributed by atoms with Gasteiger partial charge in [0.05, 0.1) is 0 Å². The van der Waals surface area contributed by atoms with Gasteiger partial charge in [0, 0.05) is 12.0 Å². The molecule has 1 rings (SSSR count). The van der Waals surface area contributed by atoms with Crippen LogP contribution in [-0.2, 0) is 0 Å². The van der Waals surface area contributed by atoms with Gasteiger partial charge in [0.1, 0.15) is 5.82 Å². The lowest BCUT2D eigenvalue weighted by atomic mass is 10.0. The molecule has 1 aromatic rings. The Labute approximate surface area is 83.9 Å². The highest BCUT2D eigenvalue weighted by Gasteiger charge is 2.06. The van der Waals surface area contributed by atoms with Crippen molar-refractivity contribution in [3.05, 3.63) is 35.1 Å². The van der Waals surface area contributed by atoms with Gasteiger partial charge in [-0.15, -0.1) is 0 Å².